The monoisotopic (exact) mass is 465 g/mol. The molecule has 1 fully saturated rings. The lowest BCUT2D eigenvalue weighted by Gasteiger charge is -2.22. The maximum Gasteiger partial charge on any atom is 0.416 e. The van der Waals surface area contributed by atoms with Gasteiger partial charge in [-0.2, -0.15) is 13.2 Å². The van der Waals surface area contributed by atoms with Gasteiger partial charge in [-0.3, -0.25) is 4.79 Å². The van der Waals surface area contributed by atoms with Crippen LogP contribution in [0, 0.1) is 5.92 Å². The fourth-order valence-corrected chi connectivity index (χ4v) is 3.11. The van der Waals surface area contributed by atoms with E-state index in [1.165, 1.54) is 18.3 Å². The fraction of sp³-hybridized carbons (Fsp3) is 0.435. The van der Waals surface area contributed by atoms with Crippen LogP contribution in [0.3, 0.4) is 0 Å². The number of nitrogens with zero attached hydrogens (tertiary/aromatic N) is 2. The Balaban J connectivity index is 1.32. The van der Waals surface area contributed by atoms with Crippen molar-refractivity contribution in [3.63, 3.8) is 0 Å². The third-order valence-corrected chi connectivity index (χ3v) is 5.07. The molecule has 0 atom stereocenters. The number of carbonyl (C=O) groups excluding carboxylic acids is 1. The van der Waals surface area contributed by atoms with Crippen molar-refractivity contribution in [3.05, 3.63) is 59.3 Å². The van der Waals surface area contributed by atoms with Gasteiger partial charge in [0.05, 0.1) is 5.56 Å². The number of amides is 1. The summed E-state index contributed by atoms with van der Waals surface area (Å²) in [6.07, 6.45) is 1.14. The first-order chi connectivity index (χ1) is 15.9. The van der Waals surface area contributed by atoms with Gasteiger partial charge >= 0.3 is 6.18 Å². The van der Waals surface area contributed by atoms with E-state index in [0.717, 1.165) is 43.8 Å². The molecule has 1 aromatic carbocycles. The number of pyridine rings is 1. The Labute approximate surface area is 189 Å². The molecule has 2 aromatic rings. The number of hydrogen-bond donors (Lipinski definition) is 1. The van der Waals surface area contributed by atoms with Crippen molar-refractivity contribution in [2.45, 2.75) is 32.0 Å². The van der Waals surface area contributed by atoms with Gasteiger partial charge in [-0.05, 0) is 42.0 Å². The second kappa shape index (κ2) is 12.2. The van der Waals surface area contributed by atoms with Crippen molar-refractivity contribution < 1.29 is 32.3 Å². The van der Waals surface area contributed by atoms with Crippen molar-refractivity contribution in [2.75, 3.05) is 26.4 Å². The summed E-state index contributed by atoms with van der Waals surface area (Å²) in [5.41, 5.74) is 0.735. The standard InChI is InChI=1S/C23H26F3N3O4/c24-23(25,26)20-4-1-19(2-5-20)15-33-29-10-7-17-3-6-22(28-14-17)32-16-21(30)27-13-18-8-11-31-12-9-18/h1-6,10,14,18H,7-9,11-13,15-16H2,(H,27,30). The first-order valence-corrected chi connectivity index (χ1v) is 10.6. The lowest BCUT2D eigenvalue weighted by Crippen LogP contribution is -2.35. The van der Waals surface area contributed by atoms with Gasteiger partial charge in [0.1, 0.15) is 6.61 Å². The van der Waals surface area contributed by atoms with Crippen LogP contribution in [-0.2, 0) is 33.6 Å². The first kappa shape index (κ1) is 24.5. The van der Waals surface area contributed by atoms with Gasteiger partial charge in [0.2, 0.25) is 5.88 Å². The molecule has 33 heavy (non-hydrogen) atoms. The highest BCUT2D eigenvalue weighted by Crippen LogP contribution is 2.29. The molecule has 0 saturated carbocycles. The average Bonchev–Trinajstić information content (AvgIpc) is 2.82. The van der Waals surface area contributed by atoms with E-state index in [0.29, 0.717) is 30.3 Å². The Kier molecular flexibility index (Phi) is 9.05. The average molecular weight is 465 g/mol. The molecule has 7 nitrogen and oxygen atoms in total. The normalized spacial score (nSPS) is 14.9. The van der Waals surface area contributed by atoms with Crippen LogP contribution in [0.15, 0.2) is 47.8 Å². The zero-order valence-electron chi connectivity index (χ0n) is 18.0. The summed E-state index contributed by atoms with van der Waals surface area (Å²) in [5.74, 6) is 0.598. The molecular weight excluding hydrogens is 439 g/mol. The smallest absolute Gasteiger partial charge is 0.416 e. The predicted octanol–water partition coefficient (Wildman–Crippen LogP) is 3.77. The van der Waals surface area contributed by atoms with E-state index < -0.39 is 11.7 Å². The van der Waals surface area contributed by atoms with Crippen LogP contribution in [0.25, 0.3) is 0 Å². The minimum absolute atomic E-state index is 0.0657. The van der Waals surface area contributed by atoms with E-state index in [9.17, 15) is 18.0 Å². The molecule has 0 unspecified atom stereocenters. The molecule has 0 radical (unpaired) electrons. The molecule has 1 aromatic heterocycles. The molecule has 10 heteroatoms. The van der Waals surface area contributed by atoms with E-state index in [-0.39, 0.29) is 19.1 Å². The SMILES string of the molecule is O=C(COc1ccc(CC=NOCc2ccc(C(F)(F)F)cc2)cn1)NCC1CCOCC1. The molecule has 0 aliphatic carbocycles. The summed E-state index contributed by atoms with van der Waals surface area (Å²) in [5, 5.41) is 6.67. The molecule has 0 bridgehead atoms. The Hall–Kier alpha value is -3.14. The highest BCUT2D eigenvalue weighted by molar-refractivity contribution is 5.77. The van der Waals surface area contributed by atoms with Crippen LogP contribution in [0.5, 0.6) is 5.88 Å². The Morgan fingerprint density at radius 3 is 2.55 bits per heavy atom. The molecule has 1 N–H and O–H groups in total. The highest BCUT2D eigenvalue weighted by Gasteiger charge is 2.29. The molecule has 0 spiro atoms. The van der Waals surface area contributed by atoms with Crippen LogP contribution >= 0.6 is 0 Å². The number of alkyl halides is 3. The molecule has 1 aliphatic heterocycles. The van der Waals surface area contributed by atoms with Gasteiger partial charge in [-0.1, -0.05) is 23.4 Å². The minimum atomic E-state index is -4.36. The minimum Gasteiger partial charge on any atom is -0.468 e. The Morgan fingerprint density at radius 1 is 1.15 bits per heavy atom. The van der Waals surface area contributed by atoms with Crippen molar-refractivity contribution >= 4 is 12.1 Å². The van der Waals surface area contributed by atoms with Crippen molar-refractivity contribution in [2.24, 2.45) is 11.1 Å². The number of rotatable bonds is 10. The van der Waals surface area contributed by atoms with Crippen LogP contribution in [0.4, 0.5) is 13.2 Å². The molecule has 1 amide bonds. The van der Waals surface area contributed by atoms with Gasteiger partial charge < -0.3 is 19.6 Å². The van der Waals surface area contributed by atoms with E-state index in [2.05, 4.69) is 15.5 Å². The summed E-state index contributed by atoms with van der Waals surface area (Å²) in [6.45, 7) is 2.07. The molecule has 2 heterocycles. The van der Waals surface area contributed by atoms with E-state index in [4.69, 9.17) is 14.3 Å². The second-order valence-corrected chi connectivity index (χ2v) is 7.61. The summed E-state index contributed by atoms with van der Waals surface area (Å²) in [7, 11) is 0. The van der Waals surface area contributed by atoms with Gasteiger partial charge in [-0.25, -0.2) is 4.98 Å². The van der Waals surface area contributed by atoms with E-state index in [1.807, 2.05) is 0 Å². The largest absolute Gasteiger partial charge is 0.468 e. The molecule has 1 saturated heterocycles. The van der Waals surface area contributed by atoms with Gasteiger partial charge in [0.25, 0.3) is 5.91 Å². The number of aromatic nitrogens is 1. The number of hydrogen-bond acceptors (Lipinski definition) is 6. The van der Waals surface area contributed by atoms with Crippen LogP contribution in [0.2, 0.25) is 0 Å². The molecular formula is C23H26F3N3O4. The summed E-state index contributed by atoms with van der Waals surface area (Å²) >= 11 is 0. The number of halogens is 3. The molecule has 3 rings (SSSR count). The molecule has 1 aliphatic rings. The summed E-state index contributed by atoms with van der Waals surface area (Å²) in [6, 6.07) is 8.18. The zero-order valence-corrected chi connectivity index (χ0v) is 18.0. The quantitative estimate of drug-likeness (QED) is 0.427. The number of benzene rings is 1. The predicted molar refractivity (Wildman–Crippen MR) is 115 cm³/mol. The zero-order chi connectivity index (χ0) is 23.5. The van der Waals surface area contributed by atoms with Crippen LogP contribution in [0.1, 0.15) is 29.5 Å². The van der Waals surface area contributed by atoms with Gasteiger partial charge in [0.15, 0.2) is 6.61 Å². The fourth-order valence-electron chi connectivity index (χ4n) is 3.11. The lowest BCUT2D eigenvalue weighted by molar-refractivity contribution is -0.137. The maximum atomic E-state index is 12.5. The van der Waals surface area contributed by atoms with Crippen LogP contribution < -0.4 is 10.1 Å². The van der Waals surface area contributed by atoms with Crippen molar-refractivity contribution in [3.8, 4) is 5.88 Å². The van der Waals surface area contributed by atoms with Gasteiger partial charge in [0, 0.05) is 44.7 Å². The summed E-state index contributed by atoms with van der Waals surface area (Å²) < 4.78 is 48.3. The third kappa shape index (κ3) is 8.72. The topological polar surface area (TPSA) is 82.0 Å². The number of ether oxygens (including phenoxy) is 2. The van der Waals surface area contributed by atoms with Crippen molar-refractivity contribution in [1.82, 2.24) is 10.3 Å². The van der Waals surface area contributed by atoms with E-state index >= 15 is 0 Å². The highest BCUT2D eigenvalue weighted by atomic mass is 19.4. The van der Waals surface area contributed by atoms with Gasteiger partial charge in [-0.15, -0.1) is 0 Å². The molecule has 178 valence electrons. The maximum absolute atomic E-state index is 12.5. The number of carbonyl (C=O) groups is 1. The Bertz CT molecular complexity index is 897. The number of nitrogens with one attached hydrogen (secondary N) is 1. The van der Waals surface area contributed by atoms with Crippen molar-refractivity contribution in [1.29, 1.82) is 0 Å². The Morgan fingerprint density at radius 2 is 1.88 bits per heavy atom. The third-order valence-electron chi connectivity index (χ3n) is 5.07. The lowest BCUT2D eigenvalue weighted by atomic mass is 10.0. The first-order valence-electron chi connectivity index (χ1n) is 10.6. The second-order valence-electron chi connectivity index (χ2n) is 7.61. The van der Waals surface area contributed by atoms with Crippen LogP contribution in [-0.4, -0.2) is 43.5 Å². The number of oxime groups is 1. The van der Waals surface area contributed by atoms with E-state index in [1.54, 1.807) is 18.3 Å². The summed E-state index contributed by atoms with van der Waals surface area (Å²) in [4.78, 5) is 21.2.